The van der Waals surface area contributed by atoms with Crippen LogP contribution in [0.3, 0.4) is 0 Å². The van der Waals surface area contributed by atoms with Gasteiger partial charge in [-0.2, -0.15) is 12.7 Å². The summed E-state index contributed by atoms with van der Waals surface area (Å²) in [6, 6.07) is 16.3. The number of likely N-dealkylation sites (tertiary alicyclic amines) is 1. The Kier molecular flexibility index (Phi) is 18.0. The van der Waals surface area contributed by atoms with Crippen LogP contribution in [0.5, 0.6) is 0 Å². The molecule has 4 aliphatic rings. The van der Waals surface area contributed by atoms with Crippen molar-refractivity contribution in [2.45, 2.75) is 109 Å². The monoisotopic (exact) mass is 1200 g/mol. The van der Waals surface area contributed by atoms with E-state index in [0.717, 1.165) is 89.1 Å². The van der Waals surface area contributed by atoms with Gasteiger partial charge < -0.3 is 45.3 Å². The van der Waals surface area contributed by atoms with E-state index < -0.39 is 99.0 Å². The first kappa shape index (κ1) is 60.3. The normalized spacial score (nSPS) is 21.4. The zero-order valence-electron chi connectivity index (χ0n) is 47.5. The quantitative estimate of drug-likeness (QED) is 0.0427. The Hall–Kier alpha value is -6.80. The molecule has 6 heterocycles. The highest BCUT2D eigenvalue weighted by Gasteiger charge is 2.45. The first-order chi connectivity index (χ1) is 40.0. The third-order valence-corrected chi connectivity index (χ3v) is 19.2. The molecule has 24 heteroatoms. The minimum atomic E-state index is -4.38. The van der Waals surface area contributed by atoms with Crippen molar-refractivity contribution in [2.24, 2.45) is 11.3 Å². The maximum Gasteiger partial charge on any atom is 0.301 e. The second kappa shape index (κ2) is 25.0. The maximum atomic E-state index is 15.8. The number of ketones is 1. The van der Waals surface area contributed by atoms with Gasteiger partial charge in [-0.1, -0.05) is 57.2 Å². The number of anilines is 2. The Bertz CT molecular complexity index is 3490. The smallest absolute Gasteiger partial charge is 0.301 e. The van der Waals surface area contributed by atoms with Crippen LogP contribution in [-0.2, 0) is 29.3 Å². The molecule has 3 aromatic heterocycles. The molecule has 19 nitrogen and oxygen atoms in total. The Balaban J connectivity index is 0.670. The lowest BCUT2D eigenvalue weighted by Gasteiger charge is -2.43. The van der Waals surface area contributed by atoms with Crippen LogP contribution in [0.1, 0.15) is 92.5 Å². The van der Waals surface area contributed by atoms with Crippen LogP contribution in [0.4, 0.5) is 24.5 Å². The largest absolute Gasteiger partial charge is 0.394 e. The minimum absolute atomic E-state index is 0.00693. The van der Waals surface area contributed by atoms with E-state index in [9.17, 15) is 42.2 Å². The summed E-state index contributed by atoms with van der Waals surface area (Å²) in [5.74, 6) is -4.59. The number of nitrogens with zero attached hydrogens (tertiary/aromatic N) is 6. The summed E-state index contributed by atoms with van der Waals surface area (Å²) >= 11 is 1.52. The van der Waals surface area contributed by atoms with Gasteiger partial charge >= 0.3 is 10.2 Å². The zero-order chi connectivity index (χ0) is 59.8. The van der Waals surface area contributed by atoms with Gasteiger partial charge in [0.25, 0.3) is 0 Å². The number of fused-ring (bicyclic) bond motifs is 1. The van der Waals surface area contributed by atoms with Crippen LogP contribution >= 0.6 is 11.3 Å². The fourth-order valence-electron chi connectivity index (χ4n) is 11.7. The molecular weight excluding hydrogens is 1130 g/mol. The molecule has 0 radical (unpaired) electrons. The standard InChI is InChI=1S/C60H71F3N10O9S2/c1-34-55(83-33-66-34)38-8-6-37(7-9-38)49(31-74)67-58(78)50-25-43(75)30-73(50)59(79)56(60(2,3)4)68-51(76)32-82-44-23-42(24-44)70(5)28-35-16-19-71(20-17-35)41-12-10-36(11-13-41)39-22-45-46(27-65-57(45)64-26-39)54(77)52-47(62)14-15-48(53(52)63)69-84(80,81)72-21-18-40(61)29-72/h6-15,22,26-27,33,35,40,42-44,49-50,56,69,74-75H,16-21,23-25,28-32H2,1-5H3,(H,64,65)(H,67,78)(H,68,76)/t40-,42?,43-,44?,49+,50+,56-/m1/s1. The molecule has 4 fully saturated rings. The number of carbonyl (C=O) groups is 4. The lowest BCUT2D eigenvalue weighted by Crippen LogP contribution is -2.58. The van der Waals surface area contributed by atoms with Gasteiger partial charge in [0, 0.05) is 86.3 Å². The van der Waals surface area contributed by atoms with Crippen molar-refractivity contribution in [3.63, 3.8) is 0 Å². The minimum Gasteiger partial charge on any atom is -0.394 e. The molecular formula is C60H71F3N10O9S2. The number of carbonyl (C=O) groups excluding carboxylic acids is 4. The number of aliphatic hydroxyl groups is 2. The number of aliphatic hydroxyl groups excluding tert-OH is 2. The topological polar surface area (TPSA) is 243 Å². The van der Waals surface area contributed by atoms with Crippen LogP contribution in [-0.4, -0.2) is 167 Å². The van der Waals surface area contributed by atoms with E-state index in [0.29, 0.717) is 34.1 Å². The van der Waals surface area contributed by atoms with Crippen molar-refractivity contribution in [3.05, 3.63) is 119 Å². The Labute approximate surface area is 490 Å². The number of ether oxygens (including phenoxy) is 1. The number of hydrogen-bond donors (Lipinski definition) is 6. The van der Waals surface area contributed by atoms with Gasteiger partial charge in [-0.3, -0.25) is 23.9 Å². The van der Waals surface area contributed by atoms with E-state index in [1.165, 1.54) is 22.4 Å². The number of aromatic nitrogens is 3. The average Bonchev–Trinajstić information content (AvgIpc) is 2.38. The predicted octanol–water partition coefficient (Wildman–Crippen LogP) is 6.91. The van der Waals surface area contributed by atoms with Gasteiger partial charge in [-0.15, -0.1) is 11.3 Å². The van der Waals surface area contributed by atoms with Crippen LogP contribution in [0.2, 0.25) is 0 Å². The molecule has 448 valence electrons. The Morgan fingerprint density at radius 2 is 1.63 bits per heavy atom. The summed E-state index contributed by atoms with van der Waals surface area (Å²) < 4.78 is 79.5. The molecule has 6 aromatic rings. The summed E-state index contributed by atoms with van der Waals surface area (Å²) in [6.45, 7) is 8.81. The molecule has 6 N–H and O–H groups in total. The summed E-state index contributed by atoms with van der Waals surface area (Å²) in [6.07, 6.45) is 3.98. The Morgan fingerprint density at radius 1 is 0.917 bits per heavy atom. The summed E-state index contributed by atoms with van der Waals surface area (Å²) in [7, 11) is -2.26. The number of hydrogen-bond acceptors (Lipinski definition) is 14. The van der Waals surface area contributed by atoms with Gasteiger partial charge in [-0.05, 0) is 104 Å². The third kappa shape index (κ3) is 13.2. The Morgan fingerprint density at radius 3 is 2.29 bits per heavy atom. The highest BCUT2D eigenvalue weighted by molar-refractivity contribution is 7.90. The van der Waals surface area contributed by atoms with Gasteiger partial charge in [0.15, 0.2) is 5.82 Å². The number of amides is 3. The van der Waals surface area contributed by atoms with E-state index in [1.807, 2.05) is 80.9 Å². The number of alkyl halides is 1. The number of aromatic amines is 1. The molecule has 0 unspecified atom stereocenters. The second-order valence-corrected chi connectivity index (χ2v) is 26.2. The van der Waals surface area contributed by atoms with Gasteiger partial charge in [-0.25, -0.2) is 23.1 Å². The van der Waals surface area contributed by atoms with Crippen LogP contribution in [0, 0.1) is 29.9 Å². The summed E-state index contributed by atoms with van der Waals surface area (Å²) in [4.78, 5) is 74.0. The zero-order valence-corrected chi connectivity index (χ0v) is 49.1. The van der Waals surface area contributed by atoms with Gasteiger partial charge in [0.2, 0.25) is 23.5 Å². The number of rotatable bonds is 20. The summed E-state index contributed by atoms with van der Waals surface area (Å²) in [5, 5.41) is 27.1. The number of H-pyrrole nitrogens is 1. The SMILES string of the molecule is Cc1ncsc1-c1ccc([C@H](CO)NC(=O)[C@@H]2C[C@@H](O)CN2C(=O)[C@@H](NC(=O)COC2CC(N(C)CC3CCN(c4ccc(-c5cnc6[nH]cc(C(=O)c7c(F)ccc(NS(=O)(=O)N8CC[C@@H](F)C8)c7F)c6c5)cc4)CC3)C2)C(C)(C)C)cc1. The van der Waals surface area contributed by atoms with Crippen molar-refractivity contribution in [3.8, 4) is 21.6 Å². The van der Waals surface area contributed by atoms with Crippen molar-refractivity contribution in [1.29, 1.82) is 0 Å². The van der Waals surface area contributed by atoms with Crippen molar-refractivity contribution in [1.82, 2.24) is 39.7 Å². The number of benzene rings is 3. The first-order valence-corrected chi connectivity index (χ1v) is 30.7. The number of β-amino-alcohol motifs (C(OH)–C–C–N with tert-alkyl or cyclic N) is 1. The second-order valence-electron chi connectivity index (χ2n) is 23.7. The van der Waals surface area contributed by atoms with Crippen molar-refractivity contribution in [2.75, 3.05) is 69.2 Å². The third-order valence-electron chi connectivity index (χ3n) is 16.7. The fraction of sp³-hybridized carbons (Fsp3) is 0.467. The van der Waals surface area contributed by atoms with Gasteiger partial charge in [0.05, 0.1) is 52.2 Å². The molecule has 1 saturated carbocycles. The van der Waals surface area contributed by atoms with Crippen LogP contribution < -0.4 is 20.3 Å². The van der Waals surface area contributed by atoms with E-state index in [-0.39, 0.29) is 50.8 Å². The highest BCUT2D eigenvalue weighted by Crippen LogP contribution is 2.35. The predicted molar refractivity (Wildman–Crippen MR) is 313 cm³/mol. The molecule has 5 atom stereocenters. The molecule has 3 saturated heterocycles. The average molecular weight is 1200 g/mol. The molecule has 84 heavy (non-hydrogen) atoms. The molecule has 0 spiro atoms. The lowest BCUT2D eigenvalue weighted by molar-refractivity contribution is -0.145. The highest BCUT2D eigenvalue weighted by atomic mass is 32.2. The molecule has 3 amide bonds. The number of pyridine rings is 1. The van der Waals surface area contributed by atoms with E-state index >= 15 is 8.78 Å². The number of aryl methyl sites for hydroxylation is 1. The lowest BCUT2D eigenvalue weighted by atomic mass is 9.85. The number of piperidine rings is 1. The molecule has 1 aliphatic carbocycles. The maximum absolute atomic E-state index is 15.8. The molecule has 10 rings (SSSR count). The summed E-state index contributed by atoms with van der Waals surface area (Å²) in [5.41, 5.74) is 4.73. The van der Waals surface area contributed by atoms with Crippen molar-refractivity contribution >= 4 is 67.5 Å². The molecule has 3 aliphatic heterocycles. The van der Waals surface area contributed by atoms with E-state index in [1.54, 1.807) is 17.8 Å². The van der Waals surface area contributed by atoms with E-state index in [2.05, 4.69) is 42.4 Å². The number of halogens is 3. The van der Waals surface area contributed by atoms with Gasteiger partial charge in [0.1, 0.15) is 36.3 Å². The van der Waals surface area contributed by atoms with E-state index in [4.69, 9.17) is 4.74 Å². The fourth-order valence-corrected chi connectivity index (χ4v) is 13.8. The molecule has 0 bridgehead atoms. The van der Waals surface area contributed by atoms with Crippen LogP contribution in [0.15, 0.2) is 84.6 Å². The van der Waals surface area contributed by atoms with Crippen LogP contribution in [0.25, 0.3) is 32.6 Å². The molecule has 3 aromatic carbocycles. The number of thiazole rings is 1. The number of nitrogens with one attached hydrogen (secondary N) is 4. The first-order valence-electron chi connectivity index (χ1n) is 28.3. The van der Waals surface area contributed by atoms with Crippen molar-refractivity contribution < 1.29 is 55.7 Å².